The van der Waals surface area contributed by atoms with Crippen LogP contribution in [0.3, 0.4) is 0 Å². The van der Waals surface area contributed by atoms with Gasteiger partial charge in [0.25, 0.3) is 0 Å². The van der Waals surface area contributed by atoms with Crippen LogP contribution in [0.2, 0.25) is 0 Å². The van der Waals surface area contributed by atoms with E-state index in [0.717, 1.165) is 0 Å². The Balaban J connectivity index is 5.39. The van der Waals surface area contributed by atoms with Crippen LogP contribution in [0.1, 0.15) is 47.5 Å². The summed E-state index contributed by atoms with van der Waals surface area (Å²) in [7, 11) is 0. The van der Waals surface area contributed by atoms with Crippen molar-refractivity contribution in [2.24, 2.45) is 17.6 Å². The lowest BCUT2D eigenvalue weighted by Crippen LogP contribution is -2.60. The summed E-state index contributed by atoms with van der Waals surface area (Å²) < 4.78 is 0. The second-order valence-corrected chi connectivity index (χ2v) is 7.96. The molecule has 0 aromatic carbocycles. The molecule has 0 saturated carbocycles. The summed E-state index contributed by atoms with van der Waals surface area (Å²) in [4.78, 5) is 49.0. The summed E-state index contributed by atoms with van der Waals surface area (Å²) >= 11 is 4.06. The highest BCUT2D eigenvalue weighted by Crippen LogP contribution is 2.12. The lowest BCUT2D eigenvalue weighted by atomic mass is 9.95. The first-order valence-electron chi connectivity index (χ1n) is 10.1. The van der Waals surface area contributed by atoms with Crippen LogP contribution in [0.5, 0.6) is 0 Å². The standard InChI is InChI=1S/C19H36N4O6S/c1-6-9(3)14(18(27)23-15(19(28)29)10(4)7-2)22-16(25)12(8-30)21-17(26)13(20)11(5)24/h9-15,24,30H,6-8,20H2,1-5H3,(H,21,26)(H,22,25)(H,23,27)(H,28,29). The van der Waals surface area contributed by atoms with Crippen molar-refractivity contribution in [3.8, 4) is 0 Å². The number of hydrogen-bond donors (Lipinski definition) is 7. The third kappa shape index (κ3) is 8.49. The monoisotopic (exact) mass is 448 g/mol. The van der Waals surface area contributed by atoms with Crippen molar-refractivity contribution in [3.05, 3.63) is 0 Å². The molecule has 0 bridgehead atoms. The number of aliphatic hydroxyl groups is 1. The molecule has 0 radical (unpaired) electrons. The third-order valence-electron chi connectivity index (χ3n) is 5.21. The molecule has 174 valence electrons. The average molecular weight is 449 g/mol. The summed E-state index contributed by atoms with van der Waals surface area (Å²) in [6.45, 7) is 8.47. The molecule has 0 aromatic rings. The van der Waals surface area contributed by atoms with Crippen molar-refractivity contribution >= 4 is 36.3 Å². The molecule has 0 spiro atoms. The summed E-state index contributed by atoms with van der Waals surface area (Å²) in [5, 5.41) is 26.3. The fraction of sp³-hybridized carbons (Fsp3) is 0.789. The lowest BCUT2D eigenvalue weighted by molar-refractivity contribution is -0.144. The van der Waals surface area contributed by atoms with Gasteiger partial charge >= 0.3 is 5.97 Å². The maximum Gasteiger partial charge on any atom is 0.326 e. The predicted octanol–water partition coefficient (Wildman–Crippen LogP) is -0.744. The van der Waals surface area contributed by atoms with E-state index in [2.05, 4.69) is 28.6 Å². The molecule has 30 heavy (non-hydrogen) atoms. The largest absolute Gasteiger partial charge is 0.480 e. The number of carboxylic acids is 1. The van der Waals surface area contributed by atoms with Crippen molar-refractivity contribution in [1.82, 2.24) is 16.0 Å². The van der Waals surface area contributed by atoms with E-state index in [4.69, 9.17) is 5.73 Å². The van der Waals surface area contributed by atoms with Gasteiger partial charge in [0, 0.05) is 5.75 Å². The molecular formula is C19H36N4O6S. The zero-order valence-corrected chi connectivity index (χ0v) is 19.1. The number of nitrogens with two attached hydrogens (primary N) is 1. The predicted molar refractivity (Wildman–Crippen MR) is 116 cm³/mol. The number of nitrogens with one attached hydrogen (secondary N) is 3. The van der Waals surface area contributed by atoms with Gasteiger partial charge in [0.15, 0.2) is 0 Å². The molecule has 0 aliphatic rings. The highest BCUT2D eigenvalue weighted by atomic mass is 32.1. The van der Waals surface area contributed by atoms with Crippen molar-refractivity contribution < 1.29 is 29.4 Å². The average Bonchev–Trinajstić information content (AvgIpc) is 2.71. The second kappa shape index (κ2) is 13.5. The Morgan fingerprint density at radius 2 is 1.33 bits per heavy atom. The number of carbonyl (C=O) groups is 4. The van der Waals surface area contributed by atoms with Crippen molar-refractivity contribution in [1.29, 1.82) is 0 Å². The number of amides is 3. The fourth-order valence-electron chi connectivity index (χ4n) is 2.56. The highest BCUT2D eigenvalue weighted by molar-refractivity contribution is 7.80. The van der Waals surface area contributed by atoms with Gasteiger partial charge in [-0.1, -0.05) is 40.5 Å². The number of thiol groups is 1. The van der Waals surface area contributed by atoms with Gasteiger partial charge < -0.3 is 31.9 Å². The first kappa shape index (κ1) is 28.1. The molecule has 7 N–H and O–H groups in total. The molecule has 0 aliphatic carbocycles. The Morgan fingerprint density at radius 1 is 0.867 bits per heavy atom. The molecule has 0 saturated heterocycles. The van der Waals surface area contributed by atoms with Gasteiger partial charge in [-0.05, 0) is 18.8 Å². The molecule has 11 heteroatoms. The maximum absolute atomic E-state index is 12.8. The van der Waals surface area contributed by atoms with E-state index in [9.17, 15) is 29.4 Å². The number of rotatable bonds is 13. The molecule has 7 atom stereocenters. The van der Waals surface area contributed by atoms with Gasteiger partial charge in [0.2, 0.25) is 17.7 Å². The molecular weight excluding hydrogens is 412 g/mol. The molecule has 0 rings (SSSR count). The minimum Gasteiger partial charge on any atom is -0.480 e. The Morgan fingerprint density at radius 3 is 1.73 bits per heavy atom. The second-order valence-electron chi connectivity index (χ2n) is 7.59. The molecule has 0 heterocycles. The van der Waals surface area contributed by atoms with Crippen LogP contribution in [0.4, 0.5) is 0 Å². The topological polar surface area (TPSA) is 171 Å². The lowest BCUT2D eigenvalue weighted by Gasteiger charge is -2.29. The zero-order chi connectivity index (χ0) is 23.6. The van der Waals surface area contributed by atoms with Crippen LogP contribution in [-0.2, 0) is 19.2 Å². The Bertz CT molecular complexity index is 604. The van der Waals surface area contributed by atoms with E-state index in [1.807, 2.05) is 13.8 Å². The minimum absolute atomic E-state index is 0.0659. The highest BCUT2D eigenvalue weighted by Gasteiger charge is 2.33. The van der Waals surface area contributed by atoms with E-state index in [1.165, 1.54) is 6.92 Å². The van der Waals surface area contributed by atoms with E-state index < -0.39 is 54.0 Å². The quantitative estimate of drug-likeness (QED) is 0.182. The number of aliphatic carboxylic acids is 1. The van der Waals surface area contributed by atoms with Crippen LogP contribution >= 0.6 is 12.6 Å². The van der Waals surface area contributed by atoms with E-state index in [0.29, 0.717) is 12.8 Å². The number of carboxylic acid groups (broad SMARTS) is 1. The molecule has 10 nitrogen and oxygen atoms in total. The van der Waals surface area contributed by atoms with Crippen molar-refractivity contribution in [2.75, 3.05) is 5.75 Å². The maximum atomic E-state index is 12.8. The summed E-state index contributed by atoms with van der Waals surface area (Å²) in [5.74, 6) is -3.82. The normalized spacial score (nSPS) is 18.1. The van der Waals surface area contributed by atoms with E-state index in [1.54, 1.807) is 13.8 Å². The SMILES string of the molecule is CCC(C)C(NC(=O)C(NC(=O)C(CS)NC(=O)C(N)C(C)O)C(C)CC)C(=O)O. The molecule has 0 aromatic heterocycles. The summed E-state index contributed by atoms with van der Waals surface area (Å²) in [6, 6.07) is -4.40. The summed E-state index contributed by atoms with van der Waals surface area (Å²) in [5.41, 5.74) is 5.57. The first-order chi connectivity index (χ1) is 13.9. The van der Waals surface area contributed by atoms with Crippen LogP contribution < -0.4 is 21.7 Å². The Kier molecular flexibility index (Phi) is 12.6. The van der Waals surface area contributed by atoms with Crippen molar-refractivity contribution in [3.63, 3.8) is 0 Å². The van der Waals surface area contributed by atoms with Crippen LogP contribution in [0, 0.1) is 11.8 Å². The van der Waals surface area contributed by atoms with Gasteiger partial charge in [0.05, 0.1) is 6.10 Å². The molecule has 0 fully saturated rings. The Labute approximate surface area is 183 Å². The van der Waals surface area contributed by atoms with Crippen molar-refractivity contribution in [2.45, 2.75) is 77.7 Å². The van der Waals surface area contributed by atoms with E-state index >= 15 is 0 Å². The summed E-state index contributed by atoms with van der Waals surface area (Å²) in [6.07, 6.45) is -0.0140. The third-order valence-corrected chi connectivity index (χ3v) is 5.57. The van der Waals surface area contributed by atoms with Crippen LogP contribution in [0.25, 0.3) is 0 Å². The van der Waals surface area contributed by atoms with Gasteiger partial charge in [0.1, 0.15) is 24.2 Å². The smallest absolute Gasteiger partial charge is 0.326 e. The van der Waals surface area contributed by atoms with Crippen LogP contribution in [0.15, 0.2) is 0 Å². The van der Waals surface area contributed by atoms with Gasteiger partial charge in [-0.25, -0.2) is 4.79 Å². The molecule has 0 aliphatic heterocycles. The molecule has 3 amide bonds. The Hall–Kier alpha value is -1.85. The van der Waals surface area contributed by atoms with Gasteiger partial charge in [-0.15, -0.1) is 0 Å². The van der Waals surface area contributed by atoms with Gasteiger partial charge in [-0.2, -0.15) is 12.6 Å². The number of carbonyl (C=O) groups excluding carboxylic acids is 3. The minimum atomic E-state index is -1.22. The van der Waals surface area contributed by atoms with Crippen LogP contribution in [-0.4, -0.2) is 69.9 Å². The number of hydrogen-bond acceptors (Lipinski definition) is 7. The number of aliphatic hydroxyl groups excluding tert-OH is 1. The van der Waals surface area contributed by atoms with E-state index in [-0.39, 0.29) is 17.6 Å². The fourth-order valence-corrected chi connectivity index (χ4v) is 2.82. The zero-order valence-electron chi connectivity index (χ0n) is 18.2. The molecule has 7 unspecified atom stereocenters. The first-order valence-corrected chi connectivity index (χ1v) is 10.7. The van der Waals surface area contributed by atoms with Gasteiger partial charge in [-0.3, -0.25) is 14.4 Å².